The van der Waals surface area contributed by atoms with Crippen LogP contribution >= 0.6 is 0 Å². The zero-order valence-electron chi connectivity index (χ0n) is 5.02. The Morgan fingerprint density at radius 3 is 2.90 bits per heavy atom. The highest BCUT2D eigenvalue weighted by atomic mass is 19.1. The summed E-state index contributed by atoms with van der Waals surface area (Å²) in [4.78, 5) is 13.0. The van der Waals surface area contributed by atoms with Gasteiger partial charge in [0.05, 0.1) is 0 Å². The lowest BCUT2D eigenvalue weighted by atomic mass is 10.4. The summed E-state index contributed by atoms with van der Waals surface area (Å²) in [6, 6.07) is 1.06. The van der Waals surface area contributed by atoms with Gasteiger partial charge in [-0.05, 0) is 0 Å². The molecule has 0 radical (unpaired) electrons. The maximum absolute atomic E-state index is 12.2. The van der Waals surface area contributed by atoms with E-state index in [9.17, 15) is 9.18 Å². The van der Waals surface area contributed by atoms with Crippen LogP contribution in [0.25, 0.3) is 0 Å². The molecule has 1 rings (SSSR count). The summed E-state index contributed by atoms with van der Waals surface area (Å²) < 4.78 is 12.2. The van der Waals surface area contributed by atoms with E-state index < -0.39 is 11.7 Å². The van der Waals surface area contributed by atoms with Gasteiger partial charge in [-0.1, -0.05) is 0 Å². The number of nitrogens with two attached hydrogens (primary N) is 1. The van der Waals surface area contributed by atoms with Crippen LogP contribution in [-0.2, 0) is 0 Å². The number of carbonyl (C=O) groups excluding carboxylic acids is 1. The minimum atomic E-state index is -0.538. The van der Waals surface area contributed by atoms with Gasteiger partial charge in [0, 0.05) is 12.3 Å². The molecule has 4 nitrogen and oxygen atoms in total. The van der Waals surface area contributed by atoms with Crippen molar-refractivity contribution >= 4 is 5.91 Å². The van der Waals surface area contributed by atoms with Gasteiger partial charge in [0.2, 0.25) is 0 Å². The fourth-order valence-corrected chi connectivity index (χ4v) is 0.577. The number of carbonyl (C=O) groups is 1. The van der Waals surface area contributed by atoms with Crippen LogP contribution in [0.4, 0.5) is 4.39 Å². The molecule has 1 aromatic heterocycles. The Balaban J connectivity index is 2.85. The van der Waals surface area contributed by atoms with Gasteiger partial charge < -0.3 is 4.98 Å². The molecule has 0 bridgehead atoms. The molecular formula is C5H6FN3O. The van der Waals surface area contributed by atoms with Crippen LogP contribution in [0.3, 0.4) is 0 Å². The Morgan fingerprint density at radius 1 is 1.80 bits per heavy atom. The number of nitrogen functional groups attached to an aromatic ring is 1. The number of H-pyrrole nitrogens is 1. The van der Waals surface area contributed by atoms with Gasteiger partial charge in [-0.3, -0.25) is 10.2 Å². The third-order valence-electron chi connectivity index (χ3n) is 1.02. The molecule has 0 spiro atoms. The van der Waals surface area contributed by atoms with E-state index in [1.807, 2.05) is 5.43 Å². The number of aromatic amines is 1. The summed E-state index contributed by atoms with van der Waals surface area (Å²) in [5, 5.41) is 0. The first-order valence-corrected chi connectivity index (χ1v) is 2.59. The third-order valence-corrected chi connectivity index (χ3v) is 1.02. The van der Waals surface area contributed by atoms with Crippen LogP contribution in [0.5, 0.6) is 0 Å². The topological polar surface area (TPSA) is 70.9 Å². The van der Waals surface area contributed by atoms with Crippen molar-refractivity contribution < 1.29 is 9.18 Å². The molecular weight excluding hydrogens is 137 g/mol. The normalized spacial score (nSPS) is 9.40. The molecule has 0 aliphatic rings. The largest absolute Gasteiger partial charge is 0.355 e. The quantitative estimate of drug-likeness (QED) is 0.288. The van der Waals surface area contributed by atoms with Crippen LogP contribution in [0, 0.1) is 5.82 Å². The lowest BCUT2D eigenvalue weighted by Crippen LogP contribution is -2.30. The Hall–Kier alpha value is -1.36. The smallest absolute Gasteiger partial charge is 0.281 e. The van der Waals surface area contributed by atoms with Gasteiger partial charge in [0.1, 0.15) is 11.5 Å². The number of aromatic nitrogens is 1. The molecule has 0 saturated carbocycles. The van der Waals surface area contributed by atoms with Crippen molar-refractivity contribution in [1.82, 2.24) is 10.4 Å². The van der Waals surface area contributed by atoms with Crippen LogP contribution in [0.1, 0.15) is 10.5 Å². The monoisotopic (exact) mass is 143 g/mol. The second kappa shape index (κ2) is 2.49. The molecule has 0 fully saturated rings. The summed E-state index contributed by atoms with van der Waals surface area (Å²) in [7, 11) is 0. The third kappa shape index (κ3) is 1.14. The zero-order chi connectivity index (χ0) is 7.56. The Morgan fingerprint density at radius 2 is 2.50 bits per heavy atom. The minimum absolute atomic E-state index is 0.111. The van der Waals surface area contributed by atoms with Crippen molar-refractivity contribution in [3.63, 3.8) is 0 Å². The number of nitrogens with one attached hydrogen (secondary N) is 2. The average molecular weight is 143 g/mol. The minimum Gasteiger partial charge on any atom is -0.355 e. The van der Waals surface area contributed by atoms with E-state index in [0.717, 1.165) is 12.3 Å². The fourth-order valence-electron chi connectivity index (χ4n) is 0.577. The second-order valence-corrected chi connectivity index (χ2v) is 1.71. The lowest BCUT2D eigenvalue weighted by molar-refractivity contribution is 0.0949. The highest BCUT2D eigenvalue weighted by molar-refractivity contribution is 5.91. The van der Waals surface area contributed by atoms with Gasteiger partial charge in [-0.2, -0.15) is 0 Å². The lowest BCUT2D eigenvalue weighted by Gasteiger charge is -1.91. The molecule has 0 aromatic carbocycles. The van der Waals surface area contributed by atoms with Crippen molar-refractivity contribution in [3.05, 3.63) is 23.8 Å². The molecule has 0 aliphatic carbocycles. The number of amides is 1. The number of rotatable bonds is 1. The van der Waals surface area contributed by atoms with Crippen LogP contribution in [0.2, 0.25) is 0 Å². The summed E-state index contributed by atoms with van der Waals surface area (Å²) in [6.07, 6.45) is 1.07. The molecule has 10 heavy (non-hydrogen) atoms. The number of halogens is 1. The van der Waals surface area contributed by atoms with Crippen LogP contribution in [0.15, 0.2) is 12.3 Å². The van der Waals surface area contributed by atoms with Gasteiger partial charge >= 0.3 is 0 Å². The molecule has 1 aromatic rings. The molecule has 1 heterocycles. The molecule has 0 aliphatic heterocycles. The highest BCUT2D eigenvalue weighted by Gasteiger charge is 2.04. The number of hydrazine groups is 1. The Kier molecular flexibility index (Phi) is 1.68. The fraction of sp³-hybridized carbons (Fsp3) is 0. The van der Waals surface area contributed by atoms with Gasteiger partial charge in [-0.15, -0.1) is 0 Å². The molecule has 0 unspecified atom stereocenters. The first-order valence-electron chi connectivity index (χ1n) is 2.59. The van der Waals surface area contributed by atoms with Gasteiger partial charge in [-0.25, -0.2) is 10.2 Å². The number of hydrogen-bond acceptors (Lipinski definition) is 2. The standard InChI is InChI=1S/C5H6FN3O/c6-3-1-4(8-2-3)5(10)9-7/h1-2,8H,7H2,(H,9,10). The first-order chi connectivity index (χ1) is 4.74. The van der Waals surface area contributed by atoms with Crippen molar-refractivity contribution in [2.24, 2.45) is 5.84 Å². The van der Waals surface area contributed by atoms with E-state index in [2.05, 4.69) is 4.98 Å². The van der Waals surface area contributed by atoms with E-state index in [-0.39, 0.29) is 5.69 Å². The van der Waals surface area contributed by atoms with Gasteiger partial charge in [0.15, 0.2) is 0 Å². The Bertz CT molecular complexity index is 245. The summed E-state index contributed by atoms with van der Waals surface area (Å²) in [6.45, 7) is 0. The summed E-state index contributed by atoms with van der Waals surface area (Å²) in [5.41, 5.74) is 1.97. The SMILES string of the molecule is NNC(=O)c1cc(F)c[nH]1. The highest BCUT2D eigenvalue weighted by Crippen LogP contribution is 1.99. The molecule has 5 heteroatoms. The number of hydrogen-bond donors (Lipinski definition) is 3. The molecule has 0 saturated heterocycles. The predicted octanol–water partition coefficient (Wildman–Crippen LogP) is -0.243. The van der Waals surface area contributed by atoms with Crippen molar-refractivity contribution in [1.29, 1.82) is 0 Å². The molecule has 1 amide bonds. The van der Waals surface area contributed by atoms with Gasteiger partial charge in [0.25, 0.3) is 5.91 Å². The first kappa shape index (κ1) is 6.76. The van der Waals surface area contributed by atoms with E-state index in [0.29, 0.717) is 0 Å². The second-order valence-electron chi connectivity index (χ2n) is 1.71. The van der Waals surface area contributed by atoms with E-state index in [1.54, 1.807) is 0 Å². The summed E-state index contributed by atoms with van der Waals surface area (Å²) >= 11 is 0. The van der Waals surface area contributed by atoms with Crippen molar-refractivity contribution in [3.8, 4) is 0 Å². The maximum Gasteiger partial charge on any atom is 0.281 e. The Labute approximate surface area is 56.2 Å². The van der Waals surface area contributed by atoms with E-state index in [4.69, 9.17) is 5.84 Å². The molecule has 0 atom stereocenters. The van der Waals surface area contributed by atoms with Crippen molar-refractivity contribution in [2.75, 3.05) is 0 Å². The predicted molar refractivity (Wildman–Crippen MR) is 32.4 cm³/mol. The average Bonchev–Trinajstić information content (AvgIpc) is 2.34. The maximum atomic E-state index is 12.2. The van der Waals surface area contributed by atoms with Crippen LogP contribution in [-0.4, -0.2) is 10.9 Å². The van der Waals surface area contributed by atoms with Crippen molar-refractivity contribution in [2.45, 2.75) is 0 Å². The zero-order valence-corrected chi connectivity index (χ0v) is 5.02. The molecule has 54 valence electrons. The van der Waals surface area contributed by atoms with Crippen LogP contribution < -0.4 is 11.3 Å². The molecule has 4 N–H and O–H groups in total. The summed E-state index contributed by atoms with van der Waals surface area (Å²) in [5.74, 6) is 3.75. The van der Waals surface area contributed by atoms with E-state index >= 15 is 0 Å². The van der Waals surface area contributed by atoms with E-state index in [1.165, 1.54) is 0 Å².